The maximum atomic E-state index is 12.8. The van der Waals surface area contributed by atoms with Gasteiger partial charge in [-0.1, -0.05) is 46.8 Å². The fourth-order valence-corrected chi connectivity index (χ4v) is 3.59. The number of phenols is 1. The molecule has 170 valence electrons. The minimum Gasteiger partial charge on any atom is -0.508 e. The van der Waals surface area contributed by atoms with Crippen molar-refractivity contribution in [1.29, 1.82) is 0 Å². The number of ether oxygens (including phenoxy) is 1. The topological polar surface area (TPSA) is 89.3 Å². The first kappa shape index (κ1) is 23.3. The Morgan fingerprint density at radius 2 is 1.81 bits per heavy atom. The number of aromatic hydroxyl groups is 1. The van der Waals surface area contributed by atoms with E-state index in [1.165, 1.54) is 12.7 Å². The Kier molecular flexibility index (Phi) is 6.57. The summed E-state index contributed by atoms with van der Waals surface area (Å²) in [5.74, 6) is 1.04. The van der Waals surface area contributed by atoms with Gasteiger partial charge in [0.2, 0.25) is 5.82 Å². The third-order valence-corrected chi connectivity index (χ3v) is 5.41. The molecule has 0 fully saturated rings. The highest BCUT2D eigenvalue weighted by Crippen LogP contribution is 2.39. The van der Waals surface area contributed by atoms with Gasteiger partial charge >= 0.3 is 0 Å². The van der Waals surface area contributed by atoms with E-state index in [4.69, 9.17) is 4.74 Å². The highest BCUT2D eigenvalue weighted by molar-refractivity contribution is 5.92. The molecule has 0 spiro atoms. The SMILES string of the molecule is CCNC(=O)c1nnc(-c2cc(C(C)C)c(O)cc2OC)n1-c1ccc(C(C)(C)C)cc1. The molecule has 0 bridgehead atoms. The third-order valence-electron chi connectivity index (χ3n) is 5.41. The molecule has 3 aromatic rings. The van der Waals surface area contributed by atoms with Crippen LogP contribution in [-0.2, 0) is 5.41 Å². The first-order valence-corrected chi connectivity index (χ1v) is 10.8. The minimum atomic E-state index is -0.312. The molecule has 3 rings (SSSR count). The summed E-state index contributed by atoms with van der Waals surface area (Å²) in [6.45, 7) is 12.8. The summed E-state index contributed by atoms with van der Waals surface area (Å²) < 4.78 is 7.28. The van der Waals surface area contributed by atoms with Crippen LogP contribution in [0.15, 0.2) is 36.4 Å². The highest BCUT2D eigenvalue weighted by atomic mass is 16.5. The smallest absolute Gasteiger partial charge is 0.289 e. The number of carbonyl (C=O) groups excluding carboxylic acids is 1. The minimum absolute atomic E-state index is 0.00328. The van der Waals surface area contributed by atoms with Crippen molar-refractivity contribution in [2.75, 3.05) is 13.7 Å². The van der Waals surface area contributed by atoms with Gasteiger partial charge in [0, 0.05) is 18.3 Å². The van der Waals surface area contributed by atoms with Crippen LogP contribution < -0.4 is 10.1 Å². The summed E-state index contributed by atoms with van der Waals surface area (Å²) in [6, 6.07) is 11.5. The van der Waals surface area contributed by atoms with Gasteiger partial charge in [-0.25, -0.2) is 0 Å². The molecule has 1 aromatic heterocycles. The van der Waals surface area contributed by atoms with E-state index in [9.17, 15) is 9.90 Å². The Morgan fingerprint density at radius 3 is 2.34 bits per heavy atom. The molecule has 0 unspecified atom stereocenters. The standard InChI is InChI=1S/C25H32N4O3/c1-8-26-24(31)23-28-27-22(19-13-18(15(2)3)20(30)14-21(19)32-7)29(23)17-11-9-16(10-12-17)25(4,5)6/h9-15,30H,8H2,1-7H3,(H,26,31). The van der Waals surface area contributed by atoms with E-state index >= 15 is 0 Å². The normalized spacial score (nSPS) is 11.6. The zero-order valence-electron chi connectivity index (χ0n) is 19.9. The van der Waals surface area contributed by atoms with E-state index < -0.39 is 0 Å². The van der Waals surface area contributed by atoms with Gasteiger partial charge in [-0.3, -0.25) is 9.36 Å². The Bertz CT molecular complexity index is 1110. The second kappa shape index (κ2) is 9.02. The lowest BCUT2D eigenvalue weighted by Crippen LogP contribution is -2.26. The van der Waals surface area contributed by atoms with E-state index in [0.717, 1.165) is 11.3 Å². The van der Waals surface area contributed by atoms with E-state index in [1.54, 1.807) is 10.6 Å². The van der Waals surface area contributed by atoms with Gasteiger partial charge < -0.3 is 15.2 Å². The molecule has 7 heteroatoms. The number of nitrogens with one attached hydrogen (secondary N) is 1. The molecule has 32 heavy (non-hydrogen) atoms. The van der Waals surface area contributed by atoms with Crippen LogP contribution in [0, 0.1) is 0 Å². The molecular formula is C25H32N4O3. The summed E-state index contributed by atoms with van der Waals surface area (Å²) in [4.78, 5) is 12.8. The van der Waals surface area contributed by atoms with Crippen LogP contribution >= 0.6 is 0 Å². The Labute approximate surface area is 189 Å². The maximum absolute atomic E-state index is 12.8. The predicted molar refractivity (Wildman–Crippen MR) is 126 cm³/mol. The number of aromatic nitrogens is 3. The van der Waals surface area contributed by atoms with Crippen molar-refractivity contribution in [3.63, 3.8) is 0 Å². The Hall–Kier alpha value is -3.35. The zero-order chi connectivity index (χ0) is 23.6. The molecule has 0 aliphatic heterocycles. The second-order valence-electron chi connectivity index (χ2n) is 9.10. The molecule has 1 heterocycles. The fourth-order valence-electron chi connectivity index (χ4n) is 3.59. The van der Waals surface area contributed by atoms with Crippen LogP contribution in [0.1, 0.15) is 69.2 Å². The molecular weight excluding hydrogens is 404 g/mol. The van der Waals surface area contributed by atoms with Crippen LogP contribution in [-0.4, -0.2) is 39.4 Å². The van der Waals surface area contributed by atoms with Crippen LogP contribution in [0.4, 0.5) is 0 Å². The molecule has 0 aliphatic carbocycles. The summed E-state index contributed by atoms with van der Waals surface area (Å²) >= 11 is 0. The summed E-state index contributed by atoms with van der Waals surface area (Å²) in [5.41, 5.74) is 3.36. The lowest BCUT2D eigenvalue weighted by Gasteiger charge is -2.20. The molecule has 7 nitrogen and oxygen atoms in total. The predicted octanol–water partition coefficient (Wildman–Crippen LogP) is 4.82. The fraction of sp³-hybridized carbons (Fsp3) is 0.400. The Balaban J connectivity index is 2.27. The van der Waals surface area contributed by atoms with E-state index in [1.807, 2.05) is 51.1 Å². The quantitative estimate of drug-likeness (QED) is 0.578. The Morgan fingerprint density at radius 1 is 1.16 bits per heavy atom. The van der Waals surface area contributed by atoms with E-state index in [-0.39, 0.29) is 28.8 Å². The first-order chi connectivity index (χ1) is 15.1. The number of benzene rings is 2. The maximum Gasteiger partial charge on any atom is 0.289 e. The first-order valence-electron chi connectivity index (χ1n) is 10.8. The summed E-state index contributed by atoms with van der Waals surface area (Å²) in [7, 11) is 1.54. The molecule has 0 radical (unpaired) electrons. The van der Waals surface area contributed by atoms with Gasteiger partial charge in [0.1, 0.15) is 11.5 Å². The molecule has 1 amide bonds. The van der Waals surface area contributed by atoms with Crippen LogP contribution in [0.5, 0.6) is 11.5 Å². The monoisotopic (exact) mass is 436 g/mol. The average Bonchev–Trinajstić information content (AvgIpc) is 3.17. The molecule has 2 aromatic carbocycles. The highest BCUT2D eigenvalue weighted by Gasteiger charge is 2.25. The van der Waals surface area contributed by atoms with Crippen molar-refractivity contribution in [3.8, 4) is 28.6 Å². The van der Waals surface area contributed by atoms with Crippen LogP contribution in [0.25, 0.3) is 17.1 Å². The van der Waals surface area contributed by atoms with Crippen molar-refractivity contribution >= 4 is 5.91 Å². The van der Waals surface area contributed by atoms with Gasteiger partial charge in [0.25, 0.3) is 5.91 Å². The molecule has 0 saturated heterocycles. The van der Waals surface area contributed by atoms with Gasteiger partial charge in [-0.15, -0.1) is 10.2 Å². The van der Waals surface area contributed by atoms with E-state index in [2.05, 4.69) is 36.3 Å². The van der Waals surface area contributed by atoms with Gasteiger partial charge in [0.15, 0.2) is 5.82 Å². The van der Waals surface area contributed by atoms with Crippen LogP contribution in [0.3, 0.4) is 0 Å². The zero-order valence-corrected chi connectivity index (χ0v) is 19.9. The van der Waals surface area contributed by atoms with E-state index in [0.29, 0.717) is 23.7 Å². The van der Waals surface area contributed by atoms with Crippen molar-refractivity contribution < 1.29 is 14.6 Å². The van der Waals surface area contributed by atoms with Gasteiger partial charge in [-0.2, -0.15) is 0 Å². The second-order valence-corrected chi connectivity index (χ2v) is 9.10. The number of hydrogen-bond donors (Lipinski definition) is 2. The summed E-state index contributed by atoms with van der Waals surface area (Å²) in [5, 5.41) is 21.8. The lowest BCUT2D eigenvalue weighted by atomic mass is 9.87. The van der Waals surface area contributed by atoms with Crippen molar-refractivity contribution in [2.45, 2.75) is 52.9 Å². The number of hydrogen-bond acceptors (Lipinski definition) is 5. The number of carbonyl (C=O) groups is 1. The van der Waals surface area contributed by atoms with Crippen molar-refractivity contribution in [1.82, 2.24) is 20.1 Å². The largest absolute Gasteiger partial charge is 0.508 e. The van der Waals surface area contributed by atoms with Gasteiger partial charge in [-0.05, 0) is 47.6 Å². The number of phenolic OH excluding ortho intramolecular Hbond substituents is 1. The number of rotatable bonds is 6. The van der Waals surface area contributed by atoms with Crippen molar-refractivity contribution in [3.05, 3.63) is 53.3 Å². The van der Waals surface area contributed by atoms with Crippen LogP contribution in [0.2, 0.25) is 0 Å². The lowest BCUT2D eigenvalue weighted by molar-refractivity contribution is 0.0943. The molecule has 0 atom stereocenters. The molecule has 2 N–H and O–H groups in total. The van der Waals surface area contributed by atoms with Crippen molar-refractivity contribution in [2.24, 2.45) is 0 Å². The number of methoxy groups -OCH3 is 1. The molecule has 0 saturated carbocycles. The van der Waals surface area contributed by atoms with Gasteiger partial charge in [0.05, 0.1) is 12.7 Å². The number of nitrogens with zero attached hydrogens (tertiary/aromatic N) is 3. The average molecular weight is 437 g/mol. The number of amides is 1. The third kappa shape index (κ3) is 4.47. The summed E-state index contributed by atoms with van der Waals surface area (Å²) in [6.07, 6.45) is 0. The molecule has 0 aliphatic rings.